The van der Waals surface area contributed by atoms with Gasteiger partial charge in [-0.25, -0.2) is 9.59 Å². The fraction of sp³-hybridized carbons (Fsp3) is 0.267. The first kappa shape index (κ1) is 16.3. The van der Waals surface area contributed by atoms with Gasteiger partial charge < -0.3 is 24.2 Å². The van der Waals surface area contributed by atoms with E-state index in [4.69, 9.17) is 14.7 Å². The fourth-order valence-corrected chi connectivity index (χ4v) is 2.16. The first-order valence-corrected chi connectivity index (χ1v) is 6.51. The standard InChI is InChI=1S/C15H14N2O6/c1-21-14(19)12-7-23-8-17(13(12)15(20)22-2)10-3-9(6-16)4-11(18)5-10/h3-5,18H,7-8H2,1-2H3. The highest BCUT2D eigenvalue weighted by atomic mass is 16.5. The highest BCUT2D eigenvalue weighted by molar-refractivity contribution is 6.03. The van der Waals surface area contributed by atoms with Crippen LogP contribution in [0.15, 0.2) is 29.5 Å². The van der Waals surface area contributed by atoms with E-state index in [-0.39, 0.29) is 35.9 Å². The maximum atomic E-state index is 12.1. The van der Waals surface area contributed by atoms with Crippen LogP contribution < -0.4 is 4.90 Å². The van der Waals surface area contributed by atoms with E-state index in [0.29, 0.717) is 5.69 Å². The lowest BCUT2D eigenvalue weighted by Crippen LogP contribution is -2.38. The number of nitrogens with zero attached hydrogens (tertiary/aromatic N) is 2. The number of hydrogen-bond acceptors (Lipinski definition) is 8. The molecule has 1 aromatic rings. The minimum absolute atomic E-state index is 0.00699. The maximum Gasteiger partial charge on any atom is 0.355 e. The van der Waals surface area contributed by atoms with Crippen LogP contribution in [0.25, 0.3) is 0 Å². The number of phenols is 1. The maximum absolute atomic E-state index is 12.1. The van der Waals surface area contributed by atoms with E-state index in [1.54, 1.807) is 0 Å². The number of aromatic hydroxyl groups is 1. The zero-order valence-electron chi connectivity index (χ0n) is 12.5. The quantitative estimate of drug-likeness (QED) is 0.809. The van der Waals surface area contributed by atoms with Crippen LogP contribution in [-0.4, -0.2) is 44.6 Å². The minimum Gasteiger partial charge on any atom is -0.508 e. The predicted octanol–water partition coefficient (Wildman–Crippen LogP) is 0.658. The Bertz CT molecular complexity index is 719. The van der Waals surface area contributed by atoms with E-state index in [2.05, 4.69) is 4.74 Å². The van der Waals surface area contributed by atoms with Gasteiger partial charge in [0.05, 0.1) is 38.0 Å². The van der Waals surface area contributed by atoms with Crippen molar-refractivity contribution in [2.45, 2.75) is 0 Å². The van der Waals surface area contributed by atoms with Crippen molar-refractivity contribution in [1.82, 2.24) is 0 Å². The van der Waals surface area contributed by atoms with E-state index in [1.165, 1.54) is 37.3 Å². The summed E-state index contributed by atoms with van der Waals surface area (Å²) in [6, 6.07) is 5.97. The molecule has 0 saturated carbocycles. The molecule has 8 nitrogen and oxygen atoms in total. The molecule has 23 heavy (non-hydrogen) atoms. The molecule has 1 heterocycles. The molecule has 0 saturated heterocycles. The van der Waals surface area contributed by atoms with Crippen LogP contribution in [0.1, 0.15) is 5.56 Å². The molecule has 0 amide bonds. The summed E-state index contributed by atoms with van der Waals surface area (Å²) in [7, 11) is 2.37. The van der Waals surface area contributed by atoms with Gasteiger partial charge in [-0.2, -0.15) is 5.26 Å². The smallest absolute Gasteiger partial charge is 0.355 e. The van der Waals surface area contributed by atoms with Crippen molar-refractivity contribution in [1.29, 1.82) is 5.26 Å². The Morgan fingerprint density at radius 3 is 2.57 bits per heavy atom. The Labute approximate surface area is 132 Å². The van der Waals surface area contributed by atoms with Crippen LogP contribution in [0.5, 0.6) is 5.75 Å². The Morgan fingerprint density at radius 2 is 1.96 bits per heavy atom. The molecule has 0 fully saturated rings. The largest absolute Gasteiger partial charge is 0.508 e. The molecule has 1 aliphatic heterocycles. The molecule has 0 aliphatic carbocycles. The SMILES string of the molecule is COC(=O)C1=C(C(=O)OC)N(c2cc(O)cc(C#N)c2)COC1. The third kappa shape index (κ3) is 3.25. The van der Waals surface area contributed by atoms with E-state index in [0.717, 1.165) is 0 Å². The monoisotopic (exact) mass is 318 g/mol. The van der Waals surface area contributed by atoms with Gasteiger partial charge in [0.1, 0.15) is 18.2 Å². The van der Waals surface area contributed by atoms with Gasteiger partial charge in [0, 0.05) is 11.8 Å². The lowest BCUT2D eigenvalue weighted by Gasteiger charge is -2.31. The Kier molecular flexibility index (Phi) is 4.83. The summed E-state index contributed by atoms with van der Waals surface area (Å²) in [4.78, 5) is 25.3. The number of nitriles is 1. The molecule has 120 valence electrons. The first-order chi connectivity index (χ1) is 11.0. The van der Waals surface area contributed by atoms with Crippen molar-refractivity contribution in [3.63, 3.8) is 0 Å². The molecular formula is C15H14N2O6. The number of carbonyl (C=O) groups is 2. The van der Waals surface area contributed by atoms with Crippen molar-refractivity contribution in [2.75, 3.05) is 32.5 Å². The van der Waals surface area contributed by atoms with Gasteiger partial charge >= 0.3 is 11.9 Å². The lowest BCUT2D eigenvalue weighted by molar-refractivity contribution is -0.140. The first-order valence-electron chi connectivity index (χ1n) is 6.51. The third-order valence-corrected chi connectivity index (χ3v) is 3.18. The Hall–Kier alpha value is -3.05. The number of phenolic OH excluding ortho intramolecular Hbond substituents is 1. The molecule has 0 bridgehead atoms. The molecule has 0 atom stereocenters. The number of hydrogen-bond donors (Lipinski definition) is 1. The number of methoxy groups -OCH3 is 2. The van der Waals surface area contributed by atoms with Crippen molar-refractivity contribution in [3.05, 3.63) is 35.0 Å². The number of ether oxygens (including phenoxy) is 3. The average molecular weight is 318 g/mol. The van der Waals surface area contributed by atoms with Crippen molar-refractivity contribution < 1.29 is 28.9 Å². The summed E-state index contributed by atoms with van der Waals surface area (Å²) in [5.74, 6) is -1.64. The van der Waals surface area contributed by atoms with E-state index in [9.17, 15) is 14.7 Å². The van der Waals surface area contributed by atoms with Crippen LogP contribution in [0.4, 0.5) is 5.69 Å². The Balaban J connectivity index is 2.60. The van der Waals surface area contributed by atoms with Crippen LogP contribution >= 0.6 is 0 Å². The average Bonchev–Trinajstić information content (AvgIpc) is 2.58. The molecule has 0 spiro atoms. The van der Waals surface area contributed by atoms with Gasteiger partial charge in [0.2, 0.25) is 0 Å². The van der Waals surface area contributed by atoms with Crippen LogP contribution in [0.2, 0.25) is 0 Å². The van der Waals surface area contributed by atoms with Crippen molar-refractivity contribution in [2.24, 2.45) is 0 Å². The van der Waals surface area contributed by atoms with Crippen molar-refractivity contribution in [3.8, 4) is 11.8 Å². The molecule has 1 N–H and O–H groups in total. The van der Waals surface area contributed by atoms with E-state index >= 15 is 0 Å². The van der Waals surface area contributed by atoms with Crippen molar-refractivity contribution >= 4 is 17.6 Å². The van der Waals surface area contributed by atoms with E-state index in [1.807, 2.05) is 6.07 Å². The van der Waals surface area contributed by atoms with Gasteiger partial charge in [-0.3, -0.25) is 0 Å². The van der Waals surface area contributed by atoms with Gasteiger partial charge in [-0.1, -0.05) is 0 Å². The summed E-state index contributed by atoms with van der Waals surface area (Å²) < 4.78 is 14.7. The second kappa shape index (κ2) is 6.81. The second-order valence-electron chi connectivity index (χ2n) is 4.57. The molecule has 0 unspecified atom stereocenters. The summed E-state index contributed by atoms with van der Waals surface area (Å²) >= 11 is 0. The predicted molar refractivity (Wildman–Crippen MR) is 77.2 cm³/mol. The third-order valence-electron chi connectivity index (χ3n) is 3.18. The van der Waals surface area contributed by atoms with Crippen LogP contribution in [0.3, 0.4) is 0 Å². The summed E-state index contributed by atoms with van der Waals surface area (Å²) in [6.07, 6.45) is 0. The number of rotatable bonds is 3. The molecule has 1 aliphatic rings. The summed E-state index contributed by atoms with van der Waals surface area (Å²) in [5.41, 5.74) is 0.435. The van der Waals surface area contributed by atoms with Gasteiger partial charge in [-0.05, 0) is 12.1 Å². The molecular weight excluding hydrogens is 304 g/mol. The Morgan fingerprint density at radius 1 is 1.26 bits per heavy atom. The number of benzene rings is 1. The molecule has 0 aromatic heterocycles. The van der Waals surface area contributed by atoms with Gasteiger partial charge in [0.15, 0.2) is 0 Å². The molecule has 8 heteroatoms. The summed E-state index contributed by atoms with van der Waals surface area (Å²) in [6.45, 7) is -0.170. The molecule has 1 aromatic carbocycles. The minimum atomic E-state index is -0.754. The van der Waals surface area contributed by atoms with E-state index < -0.39 is 11.9 Å². The zero-order valence-corrected chi connectivity index (χ0v) is 12.5. The van der Waals surface area contributed by atoms with Crippen LogP contribution in [-0.2, 0) is 23.8 Å². The van der Waals surface area contributed by atoms with Gasteiger partial charge in [-0.15, -0.1) is 0 Å². The zero-order chi connectivity index (χ0) is 17.0. The van der Waals surface area contributed by atoms with Gasteiger partial charge in [0.25, 0.3) is 0 Å². The second-order valence-corrected chi connectivity index (χ2v) is 4.57. The van der Waals surface area contributed by atoms with Crippen LogP contribution in [0, 0.1) is 11.3 Å². The summed E-state index contributed by atoms with van der Waals surface area (Å²) in [5, 5.41) is 18.7. The number of carbonyl (C=O) groups excluding carboxylic acids is 2. The number of anilines is 1. The normalized spacial score (nSPS) is 14.2. The highest BCUT2D eigenvalue weighted by Gasteiger charge is 2.32. The fourth-order valence-electron chi connectivity index (χ4n) is 2.16. The lowest BCUT2D eigenvalue weighted by atomic mass is 10.1. The molecule has 2 rings (SSSR count). The highest BCUT2D eigenvalue weighted by Crippen LogP contribution is 2.30. The molecule has 0 radical (unpaired) electrons. The number of esters is 2. The topological polar surface area (TPSA) is 109 Å².